The van der Waals surface area contributed by atoms with Crippen molar-refractivity contribution in [3.05, 3.63) is 36.0 Å². The molecule has 0 aromatic carbocycles. The van der Waals surface area contributed by atoms with E-state index in [-0.39, 0.29) is 5.41 Å². The summed E-state index contributed by atoms with van der Waals surface area (Å²) in [5.74, 6) is 0. The van der Waals surface area contributed by atoms with Crippen LogP contribution in [0, 0.1) is 10.8 Å². The number of allylic oxidation sites excluding steroid dienone is 4. The van der Waals surface area contributed by atoms with E-state index in [1.807, 2.05) is 0 Å². The highest BCUT2D eigenvalue weighted by atomic mass is 16.3. The Morgan fingerprint density at radius 1 is 0.909 bits per heavy atom. The summed E-state index contributed by atoms with van der Waals surface area (Å²) in [4.78, 5) is 0. The van der Waals surface area contributed by atoms with E-state index in [0.29, 0.717) is 5.41 Å². The number of rotatable bonds is 4. The SMILES string of the molecule is C/C=C(\C)C(C)(C)C.C=CC(C)(O)CC/C=C(\C)C(C)(C)C. The van der Waals surface area contributed by atoms with Gasteiger partial charge in [-0.2, -0.15) is 0 Å². The quantitative estimate of drug-likeness (QED) is 0.573. The maximum absolute atomic E-state index is 9.69. The number of hydrogen-bond acceptors (Lipinski definition) is 1. The van der Waals surface area contributed by atoms with Crippen LogP contribution in [0.15, 0.2) is 36.0 Å². The Labute approximate surface area is 140 Å². The van der Waals surface area contributed by atoms with Crippen LogP contribution in [-0.2, 0) is 0 Å². The van der Waals surface area contributed by atoms with Gasteiger partial charge < -0.3 is 5.11 Å². The van der Waals surface area contributed by atoms with Crippen LogP contribution in [0.4, 0.5) is 0 Å². The van der Waals surface area contributed by atoms with Gasteiger partial charge in [0, 0.05) is 0 Å². The van der Waals surface area contributed by atoms with Crippen LogP contribution >= 0.6 is 0 Å². The first-order valence-corrected chi connectivity index (χ1v) is 8.34. The van der Waals surface area contributed by atoms with Crippen LogP contribution in [0.2, 0.25) is 0 Å². The zero-order valence-corrected chi connectivity index (χ0v) is 16.8. The van der Waals surface area contributed by atoms with E-state index >= 15 is 0 Å². The zero-order valence-electron chi connectivity index (χ0n) is 16.8. The molecular weight excluding hydrogens is 268 g/mol. The second kappa shape index (κ2) is 9.35. The molecule has 0 aliphatic heterocycles. The predicted molar refractivity (Wildman–Crippen MR) is 102 cm³/mol. The summed E-state index contributed by atoms with van der Waals surface area (Å²) in [5, 5.41) is 9.69. The number of hydrogen-bond donors (Lipinski definition) is 1. The van der Waals surface area contributed by atoms with E-state index < -0.39 is 5.60 Å². The first kappa shape index (κ1) is 23.4. The van der Waals surface area contributed by atoms with E-state index in [9.17, 15) is 5.11 Å². The molecule has 0 heterocycles. The molecule has 0 saturated heterocycles. The largest absolute Gasteiger partial charge is 0.386 e. The van der Waals surface area contributed by atoms with E-state index in [0.717, 1.165) is 12.8 Å². The van der Waals surface area contributed by atoms with Crippen molar-refractivity contribution in [2.45, 2.75) is 87.7 Å². The van der Waals surface area contributed by atoms with Crippen LogP contribution in [0.25, 0.3) is 0 Å². The molecule has 22 heavy (non-hydrogen) atoms. The molecule has 130 valence electrons. The Kier molecular flexibility index (Phi) is 9.96. The molecule has 1 nitrogen and oxygen atoms in total. The molecule has 0 aliphatic carbocycles. The Bertz CT molecular complexity index is 381. The molecule has 0 aromatic rings. The van der Waals surface area contributed by atoms with E-state index in [1.54, 1.807) is 13.0 Å². The van der Waals surface area contributed by atoms with Gasteiger partial charge >= 0.3 is 0 Å². The van der Waals surface area contributed by atoms with E-state index in [1.165, 1.54) is 11.1 Å². The molecule has 0 aliphatic rings. The van der Waals surface area contributed by atoms with Gasteiger partial charge in [0.05, 0.1) is 5.60 Å². The van der Waals surface area contributed by atoms with Crippen molar-refractivity contribution in [2.24, 2.45) is 10.8 Å². The van der Waals surface area contributed by atoms with Crippen LogP contribution in [-0.4, -0.2) is 10.7 Å². The Morgan fingerprint density at radius 2 is 1.32 bits per heavy atom. The van der Waals surface area contributed by atoms with Gasteiger partial charge in [-0.15, -0.1) is 6.58 Å². The molecule has 0 aromatic heterocycles. The molecule has 0 amide bonds. The molecule has 0 bridgehead atoms. The minimum Gasteiger partial charge on any atom is -0.386 e. The van der Waals surface area contributed by atoms with Crippen molar-refractivity contribution in [2.75, 3.05) is 0 Å². The van der Waals surface area contributed by atoms with Gasteiger partial charge in [0.15, 0.2) is 0 Å². The van der Waals surface area contributed by atoms with Crippen molar-refractivity contribution in [3.8, 4) is 0 Å². The molecule has 0 rings (SSSR count). The van der Waals surface area contributed by atoms with E-state index in [2.05, 4.69) is 81.0 Å². The van der Waals surface area contributed by atoms with Crippen molar-refractivity contribution in [3.63, 3.8) is 0 Å². The predicted octanol–water partition coefficient (Wildman–Crippen LogP) is 6.69. The second-order valence-electron chi connectivity index (χ2n) is 8.46. The highest BCUT2D eigenvalue weighted by molar-refractivity contribution is 5.08. The third-order valence-electron chi connectivity index (χ3n) is 4.34. The van der Waals surface area contributed by atoms with Crippen molar-refractivity contribution >= 4 is 0 Å². The van der Waals surface area contributed by atoms with E-state index in [4.69, 9.17) is 0 Å². The summed E-state index contributed by atoms with van der Waals surface area (Å²) < 4.78 is 0. The van der Waals surface area contributed by atoms with Crippen LogP contribution in [0.1, 0.15) is 82.1 Å². The van der Waals surface area contributed by atoms with Gasteiger partial charge in [-0.3, -0.25) is 0 Å². The lowest BCUT2D eigenvalue weighted by molar-refractivity contribution is 0.103. The normalized spacial score (nSPS) is 16.5. The van der Waals surface area contributed by atoms with Gasteiger partial charge in [-0.25, -0.2) is 0 Å². The fourth-order valence-electron chi connectivity index (χ4n) is 1.42. The first-order valence-electron chi connectivity index (χ1n) is 8.34. The molecule has 1 heteroatoms. The zero-order chi connectivity index (χ0) is 18.2. The minimum absolute atomic E-state index is 0.236. The van der Waals surface area contributed by atoms with Gasteiger partial charge in [0.2, 0.25) is 0 Å². The lowest BCUT2D eigenvalue weighted by Gasteiger charge is -2.21. The maximum atomic E-state index is 9.69. The Morgan fingerprint density at radius 3 is 1.55 bits per heavy atom. The minimum atomic E-state index is -0.728. The summed E-state index contributed by atoms with van der Waals surface area (Å²) in [5.41, 5.74) is 2.71. The van der Waals surface area contributed by atoms with Crippen LogP contribution in [0.5, 0.6) is 0 Å². The molecule has 1 unspecified atom stereocenters. The maximum Gasteiger partial charge on any atom is 0.0800 e. The molecule has 0 radical (unpaired) electrons. The van der Waals surface area contributed by atoms with Gasteiger partial charge in [0.1, 0.15) is 0 Å². The summed E-state index contributed by atoms with van der Waals surface area (Å²) in [6, 6.07) is 0. The average Bonchev–Trinajstić information content (AvgIpc) is 2.36. The van der Waals surface area contributed by atoms with Crippen LogP contribution in [0.3, 0.4) is 0 Å². The molecule has 0 spiro atoms. The molecule has 1 N–H and O–H groups in total. The number of aliphatic hydroxyl groups is 1. The topological polar surface area (TPSA) is 20.2 Å². The fraction of sp³-hybridized carbons (Fsp3) is 0.714. The highest BCUT2D eigenvalue weighted by Crippen LogP contribution is 2.26. The monoisotopic (exact) mass is 308 g/mol. The summed E-state index contributed by atoms with van der Waals surface area (Å²) in [7, 11) is 0. The standard InChI is InChI=1S/C13H24O.C8H16/c1-7-13(6,14)10-8-9-11(2)12(3,4)5;1-6-7(2)8(3,4)5/h7,9,14H,1,8,10H2,2-6H3;6H,1-5H3/b11-9+;7-6+. The van der Waals surface area contributed by atoms with Crippen molar-refractivity contribution in [1.82, 2.24) is 0 Å². The summed E-state index contributed by atoms with van der Waals surface area (Å²) in [6.45, 7) is 25.1. The van der Waals surface area contributed by atoms with Crippen LogP contribution < -0.4 is 0 Å². The summed E-state index contributed by atoms with van der Waals surface area (Å²) in [6.07, 6.45) is 7.62. The van der Waals surface area contributed by atoms with Gasteiger partial charge in [-0.05, 0) is 51.4 Å². The lowest BCUT2D eigenvalue weighted by atomic mass is 9.86. The molecular formula is C21H40O. The lowest BCUT2D eigenvalue weighted by Crippen LogP contribution is -2.19. The van der Waals surface area contributed by atoms with Gasteiger partial charge in [-0.1, -0.05) is 70.9 Å². The fourth-order valence-corrected chi connectivity index (χ4v) is 1.42. The summed E-state index contributed by atoms with van der Waals surface area (Å²) >= 11 is 0. The van der Waals surface area contributed by atoms with Crippen molar-refractivity contribution in [1.29, 1.82) is 0 Å². The third-order valence-corrected chi connectivity index (χ3v) is 4.34. The van der Waals surface area contributed by atoms with Crippen molar-refractivity contribution < 1.29 is 5.11 Å². The first-order chi connectivity index (χ1) is 9.67. The molecule has 0 fully saturated rings. The Hall–Kier alpha value is -0.820. The molecule has 0 saturated carbocycles. The molecule has 1 atom stereocenters. The average molecular weight is 309 g/mol. The highest BCUT2D eigenvalue weighted by Gasteiger charge is 2.15. The third kappa shape index (κ3) is 11.8. The Balaban J connectivity index is 0. The van der Waals surface area contributed by atoms with Gasteiger partial charge in [0.25, 0.3) is 0 Å². The smallest absolute Gasteiger partial charge is 0.0800 e. The second-order valence-corrected chi connectivity index (χ2v) is 8.46.